The third kappa shape index (κ3) is 6.36. The molecule has 0 radical (unpaired) electrons. The van der Waals surface area contributed by atoms with Crippen LogP contribution in [-0.4, -0.2) is 44.1 Å². The molecule has 14 heteroatoms. The molecule has 0 bridgehead atoms. The largest absolute Gasteiger partial charge is 0.494 e. The number of benzene rings is 2. The molecule has 1 heterocycles. The summed E-state index contributed by atoms with van der Waals surface area (Å²) in [4.78, 5) is 12.1. The van der Waals surface area contributed by atoms with Crippen LogP contribution in [0.15, 0.2) is 47.4 Å². The maximum atomic E-state index is 13.2. The standard InChI is InChI=1S/C23H23F6NO6S/c24-22(25,26)16-12-15(13-17(14-16)23(27,28)29)2-1-9-36-18-3-5-19(6-4-18)37(33,34)21(20(31)30-32)7-10-35-11-8-21/h3-6,12-14,32H,1-2,7-11H2,(H,30,31). The van der Waals surface area contributed by atoms with Gasteiger partial charge >= 0.3 is 12.4 Å². The van der Waals surface area contributed by atoms with Gasteiger partial charge in [0.05, 0.1) is 22.6 Å². The molecule has 0 saturated carbocycles. The summed E-state index contributed by atoms with van der Waals surface area (Å²) in [6.45, 7) is -0.0632. The molecule has 0 atom stereocenters. The Hall–Kier alpha value is -2.84. The fourth-order valence-electron chi connectivity index (χ4n) is 3.99. The lowest BCUT2D eigenvalue weighted by molar-refractivity contribution is -0.143. The maximum Gasteiger partial charge on any atom is 0.416 e. The molecule has 0 aromatic heterocycles. The second-order valence-corrected chi connectivity index (χ2v) is 10.6. The normalized spacial score (nSPS) is 16.3. The third-order valence-corrected chi connectivity index (χ3v) is 8.51. The number of hydrogen-bond acceptors (Lipinski definition) is 6. The van der Waals surface area contributed by atoms with Crippen LogP contribution in [0, 0.1) is 0 Å². The number of aryl methyl sites for hydroxylation is 1. The lowest BCUT2D eigenvalue weighted by atomic mass is 9.98. The lowest BCUT2D eigenvalue weighted by Crippen LogP contribution is -2.54. The first-order valence-corrected chi connectivity index (χ1v) is 12.5. The summed E-state index contributed by atoms with van der Waals surface area (Å²) in [5.74, 6) is -0.869. The van der Waals surface area contributed by atoms with E-state index >= 15 is 0 Å². The Morgan fingerprint density at radius 3 is 2.00 bits per heavy atom. The zero-order chi connectivity index (χ0) is 27.5. The summed E-state index contributed by atoms with van der Waals surface area (Å²) in [6, 6.07) is 6.40. The van der Waals surface area contributed by atoms with Crippen LogP contribution in [0.5, 0.6) is 5.75 Å². The first-order chi connectivity index (χ1) is 17.2. The van der Waals surface area contributed by atoms with Crippen LogP contribution in [0.25, 0.3) is 0 Å². The molecule has 1 amide bonds. The van der Waals surface area contributed by atoms with Crippen LogP contribution in [-0.2, 0) is 38.1 Å². The smallest absolute Gasteiger partial charge is 0.416 e. The maximum absolute atomic E-state index is 13.2. The van der Waals surface area contributed by atoms with Crippen LogP contribution in [0.1, 0.15) is 36.0 Å². The number of ether oxygens (including phenoxy) is 2. The number of hydrogen-bond donors (Lipinski definition) is 2. The van der Waals surface area contributed by atoms with E-state index in [9.17, 15) is 39.6 Å². The van der Waals surface area contributed by atoms with Gasteiger partial charge in [-0.05, 0) is 73.7 Å². The molecule has 1 aliphatic rings. The number of hydroxylamine groups is 1. The number of sulfone groups is 1. The van der Waals surface area contributed by atoms with Crippen LogP contribution in [0.3, 0.4) is 0 Å². The van der Waals surface area contributed by atoms with Crippen LogP contribution < -0.4 is 10.2 Å². The molecule has 1 saturated heterocycles. The van der Waals surface area contributed by atoms with Gasteiger partial charge in [0.2, 0.25) is 0 Å². The lowest BCUT2D eigenvalue weighted by Gasteiger charge is -2.34. The molecule has 2 aromatic carbocycles. The number of rotatable bonds is 8. The number of nitrogens with one attached hydrogen (secondary N) is 1. The van der Waals surface area contributed by atoms with E-state index in [0.717, 1.165) is 0 Å². The molecule has 3 rings (SSSR count). The van der Waals surface area contributed by atoms with Gasteiger partial charge in [-0.3, -0.25) is 10.0 Å². The van der Waals surface area contributed by atoms with E-state index in [0.29, 0.717) is 12.1 Å². The zero-order valence-electron chi connectivity index (χ0n) is 19.2. The summed E-state index contributed by atoms with van der Waals surface area (Å²) < 4.78 is 113. The van der Waals surface area contributed by atoms with E-state index in [1.807, 2.05) is 0 Å². The van der Waals surface area contributed by atoms with Gasteiger partial charge in [0.1, 0.15) is 5.75 Å². The zero-order valence-corrected chi connectivity index (χ0v) is 20.0. The average molecular weight is 555 g/mol. The minimum absolute atomic E-state index is 0.00415. The van der Waals surface area contributed by atoms with E-state index in [-0.39, 0.29) is 67.8 Å². The van der Waals surface area contributed by atoms with Crippen molar-refractivity contribution in [2.45, 2.75) is 47.7 Å². The summed E-state index contributed by atoms with van der Waals surface area (Å²) in [5, 5.41) is 9.08. The Labute approximate surface area is 208 Å². The second kappa shape index (κ2) is 10.9. The van der Waals surface area contributed by atoms with E-state index in [4.69, 9.17) is 14.7 Å². The monoisotopic (exact) mass is 555 g/mol. The van der Waals surface area contributed by atoms with Gasteiger partial charge in [0.15, 0.2) is 14.6 Å². The fraction of sp³-hybridized carbons (Fsp3) is 0.435. The van der Waals surface area contributed by atoms with Gasteiger partial charge in [0.25, 0.3) is 5.91 Å². The Morgan fingerprint density at radius 1 is 0.973 bits per heavy atom. The summed E-state index contributed by atoms with van der Waals surface area (Å²) in [7, 11) is -4.24. The van der Waals surface area contributed by atoms with E-state index in [1.165, 1.54) is 29.7 Å². The molecular weight excluding hydrogens is 532 g/mol. The molecule has 2 aromatic rings. The quantitative estimate of drug-likeness (QED) is 0.214. The Balaban J connectivity index is 1.67. The topological polar surface area (TPSA) is 102 Å². The van der Waals surface area contributed by atoms with E-state index < -0.39 is 44.0 Å². The third-order valence-electron chi connectivity index (χ3n) is 5.99. The SMILES string of the molecule is O=C(NO)C1(S(=O)(=O)c2ccc(OCCCc3cc(C(F)(F)F)cc(C(F)(F)F)c3)cc2)CCOCC1. The Kier molecular flexibility index (Phi) is 8.44. The van der Waals surface area contributed by atoms with Gasteiger partial charge in [-0.2, -0.15) is 26.3 Å². The highest BCUT2D eigenvalue weighted by molar-refractivity contribution is 7.93. The van der Waals surface area contributed by atoms with Crippen molar-refractivity contribution in [3.63, 3.8) is 0 Å². The molecule has 1 aliphatic heterocycles. The minimum Gasteiger partial charge on any atom is -0.494 e. The number of alkyl halides is 6. The van der Waals surface area contributed by atoms with Crippen LogP contribution in [0.2, 0.25) is 0 Å². The highest BCUT2D eigenvalue weighted by Crippen LogP contribution is 2.37. The first kappa shape index (κ1) is 28.7. The molecule has 0 unspecified atom stereocenters. The summed E-state index contributed by atoms with van der Waals surface area (Å²) in [6.07, 6.45) is -10.2. The number of carbonyl (C=O) groups is 1. The number of carbonyl (C=O) groups excluding carboxylic acids is 1. The molecule has 1 fully saturated rings. The Bertz CT molecular complexity index is 1170. The van der Waals surface area contributed by atoms with Crippen LogP contribution >= 0.6 is 0 Å². The van der Waals surface area contributed by atoms with Crippen molar-refractivity contribution >= 4 is 15.7 Å². The van der Waals surface area contributed by atoms with Gasteiger partial charge in [-0.15, -0.1) is 0 Å². The highest BCUT2D eigenvalue weighted by atomic mass is 32.2. The first-order valence-electron chi connectivity index (χ1n) is 11.0. The van der Waals surface area contributed by atoms with Crippen LogP contribution in [0.4, 0.5) is 26.3 Å². The fourth-order valence-corrected chi connectivity index (χ4v) is 5.93. The Morgan fingerprint density at radius 2 is 1.51 bits per heavy atom. The van der Waals surface area contributed by atoms with E-state index in [1.54, 1.807) is 0 Å². The van der Waals surface area contributed by atoms with Crippen molar-refractivity contribution in [3.05, 3.63) is 59.2 Å². The van der Waals surface area contributed by atoms with Gasteiger partial charge in [-0.25, -0.2) is 13.9 Å². The highest BCUT2D eigenvalue weighted by Gasteiger charge is 2.52. The van der Waals surface area contributed by atoms with Gasteiger partial charge < -0.3 is 9.47 Å². The van der Waals surface area contributed by atoms with Gasteiger partial charge in [0, 0.05) is 13.2 Å². The predicted molar refractivity (Wildman–Crippen MR) is 117 cm³/mol. The number of amides is 1. The molecule has 204 valence electrons. The van der Waals surface area contributed by atoms with Crippen molar-refractivity contribution in [3.8, 4) is 5.75 Å². The summed E-state index contributed by atoms with van der Waals surface area (Å²) >= 11 is 0. The van der Waals surface area contributed by atoms with Gasteiger partial charge in [-0.1, -0.05) is 0 Å². The summed E-state index contributed by atoms with van der Waals surface area (Å²) in [5.41, 5.74) is -1.54. The average Bonchev–Trinajstić information content (AvgIpc) is 2.85. The minimum atomic E-state index is -4.93. The second-order valence-electron chi connectivity index (χ2n) is 8.39. The molecule has 2 N–H and O–H groups in total. The molecule has 7 nitrogen and oxygen atoms in total. The van der Waals surface area contributed by atoms with Crippen molar-refractivity contribution in [1.82, 2.24) is 5.48 Å². The van der Waals surface area contributed by atoms with Crippen molar-refractivity contribution < 1.29 is 54.2 Å². The molecular formula is C23H23F6NO6S. The van der Waals surface area contributed by atoms with Crippen molar-refractivity contribution in [1.29, 1.82) is 0 Å². The number of halogens is 6. The van der Waals surface area contributed by atoms with E-state index in [2.05, 4.69) is 0 Å². The molecule has 37 heavy (non-hydrogen) atoms. The van der Waals surface area contributed by atoms with Crippen molar-refractivity contribution in [2.75, 3.05) is 19.8 Å². The molecule has 0 spiro atoms. The van der Waals surface area contributed by atoms with Crippen molar-refractivity contribution in [2.24, 2.45) is 0 Å². The molecule has 0 aliphatic carbocycles. The predicted octanol–water partition coefficient (Wildman–Crippen LogP) is 4.56.